The summed E-state index contributed by atoms with van der Waals surface area (Å²) in [5, 5.41) is 13.8. The second kappa shape index (κ2) is 6.21. The van der Waals surface area contributed by atoms with Crippen LogP contribution in [0.4, 0.5) is 0 Å². The van der Waals surface area contributed by atoms with Crippen molar-refractivity contribution in [2.24, 2.45) is 0 Å². The van der Waals surface area contributed by atoms with Gasteiger partial charge >= 0.3 is 0 Å². The van der Waals surface area contributed by atoms with Crippen LogP contribution in [0.5, 0.6) is 0 Å². The van der Waals surface area contributed by atoms with Gasteiger partial charge < -0.3 is 10.4 Å². The normalized spacial score (nSPS) is 22.1. The minimum atomic E-state index is -0.244. The number of aliphatic hydroxyl groups excluding tert-OH is 1. The predicted octanol–water partition coefficient (Wildman–Crippen LogP) is 2.69. The molecule has 2 aromatic carbocycles. The van der Waals surface area contributed by atoms with E-state index in [1.807, 2.05) is 6.07 Å². The predicted molar refractivity (Wildman–Crippen MR) is 81.5 cm³/mol. The van der Waals surface area contributed by atoms with Crippen LogP contribution in [-0.2, 0) is 19.4 Å². The lowest BCUT2D eigenvalue weighted by Gasteiger charge is -2.18. The number of nitrogens with one attached hydrogen (secondary N) is 1. The highest BCUT2D eigenvalue weighted by Gasteiger charge is 2.21. The molecule has 104 valence electrons. The van der Waals surface area contributed by atoms with Crippen LogP contribution < -0.4 is 5.32 Å². The van der Waals surface area contributed by atoms with E-state index in [1.54, 1.807) is 0 Å². The summed E-state index contributed by atoms with van der Waals surface area (Å²) in [5.74, 6) is 0. The maximum atomic E-state index is 10.2. The van der Waals surface area contributed by atoms with Crippen molar-refractivity contribution in [3.8, 4) is 0 Å². The summed E-state index contributed by atoms with van der Waals surface area (Å²) < 4.78 is 0. The third-order valence-electron chi connectivity index (χ3n) is 4.03. The van der Waals surface area contributed by atoms with Crippen molar-refractivity contribution in [1.29, 1.82) is 0 Å². The Morgan fingerprint density at radius 1 is 0.900 bits per heavy atom. The van der Waals surface area contributed by atoms with E-state index in [0.717, 1.165) is 25.8 Å². The highest BCUT2D eigenvalue weighted by Crippen LogP contribution is 2.21. The monoisotopic (exact) mass is 267 g/mol. The van der Waals surface area contributed by atoms with Gasteiger partial charge in [-0.05, 0) is 36.0 Å². The second-order valence-corrected chi connectivity index (χ2v) is 5.63. The molecule has 2 atom stereocenters. The fourth-order valence-corrected chi connectivity index (χ4v) is 2.98. The van der Waals surface area contributed by atoms with E-state index >= 15 is 0 Å². The Morgan fingerprint density at radius 3 is 2.30 bits per heavy atom. The molecule has 2 aromatic rings. The number of benzene rings is 2. The first-order valence-corrected chi connectivity index (χ1v) is 7.33. The minimum absolute atomic E-state index is 0.244. The lowest BCUT2D eigenvalue weighted by Crippen LogP contribution is -2.33. The van der Waals surface area contributed by atoms with Gasteiger partial charge in [0, 0.05) is 12.6 Å². The number of hydrogen-bond acceptors (Lipinski definition) is 2. The molecule has 2 unspecified atom stereocenters. The Labute approximate surface area is 120 Å². The summed E-state index contributed by atoms with van der Waals surface area (Å²) in [6.45, 7) is 0.862. The molecular weight excluding hydrogens is 246 g/mol. The summed E-state index contributed by atoms with van der Waals surface area (Å²) >= 11 is 0. The van der Waals surface area contributed by atoms with E-state index in [9.17, 15) is 5.11 Å². The molecule has 1 aliphatic rings. The molecule has 3 rings (SSSR count). The lowest BCUT2D eigenvalue weighted by atomic mass is 10.0. The fraction of sp³-hybridized carbons (Fsp3) is 0.333. The second-order valence-electron chi connectivity index (χ2n) is 5.63. The molecule has 0 fully saturated rings. The molecule has 0 aromatic heterocycles. The van der Waals surface area contributed by atoms with Crippen molar-refractivity contribution < 1.29 is 5.11 Å². The van der Waals surface area contributed by atoms with E-state index in [2.05, 4.69) is 53.8 Å². The van der Waals surface area contributed by atoms with Crippen LogP contribution in [0.2, 0.25) is 0 Å². The quantitative estimate of drug-likeness (QED) is 0.838. The van der Waals surface area contributed by atoms with Crippen LogP contribution >= 0.6 is 0 Å². The molecule has 1 aliphatic carbocycles. The average molecular weight is 267 g/mol. The van der Waals surface area contributed by atoms with Crippen LogP contribution in [0.25, 0.3) is 0 Å². The van der Waals surface area contributed by atoms with Crippen molar-refractivity contribution in [2.75, 3.05) is 0 Å². The molecule has 2 nitrogen and oxygen atoms in total. The molecule has 0 aliphatic heterocycles. The van der Waals surface area contributed by atoms with Gasteiger partial charge in [-0.1, -0.05) is 54.6 Å². The van der Waals surface area contributed by atoms with Crippen LogP contribution in [0.3, 0.4) is 0 Å². The molecule has 20 heavy (non-hydrogen) atoms. The van der Waals surface area contributed by atoms with E-state index in [4.69, 9.17) is 0 Å². The third-order valence-corrected chi connectivity index (χ3v) is 4.03. The Bertz CT molecular complexity index is 552. The van der Waals surface area contributed by atoms with Crippen molar-refractivity contribution in [1.82, 2.24) is 5.32 Å². The van der Waals surface area contributed by atoms with Gasteiger partial charge in [0.1, 0.15) is 0 Å². The molecule has 0 radical (unpaired) electrons. The molecule has 0 spiro atoms. The fourth-order valence-electron chi connectivity index (χ4n) is 2.98. The van der Waals surface area contributed by atoms with Gasteiger partial charge in [-0.2, -0.15) is 0 Å². The maximum absolute atomic E-state index is 10.2. The van der Waals surface area contributed by atoms with E-state index in [1.165, 1.54) is 16.7 Å². The number of rotatable bonds is 3. The minimum Gasteiger partial charge on any atom is -0.393 e. The topological polar surface area (TPSA) is 32.3 Å². The molecule has 0 heterocycles. The molecule has 0 amide bonds. The smallest absolute Gasteiger partial charge is 0.0595 e. The van der Waals surface area contributed by atoms with Gasteiger partial charge in [-0.3, -0.25) is 0 Å². The molecule has 2 heteroatoms. The zero-order valence-corrected chi connectivity index (χ0v) is 11.6. The Balaban J connectivity index is 1.68. The molecule has 0 bridgehead atoms. The van der Waals surface area contributed by atoms with Crippen LogP contribution in [0.15, 0.2) is 54.6 Å². The van der Waals surface area contributed by atoms with Crippen LogP contribution in [0.1, 0.15) is 23.1 Å². The van der Waals surface area contributed by atoms with E-state index in [0.29, 0.717) is 6.04 Å². The van der Waals surface area contributed by atoms with Gasteiger partial charge in [0.15, 0.2) is 0 Å². The standard InChI is InChI=1S/C18H21NO/c20-18-11-16-9-5-4-8-15(16)10-17(12-18)19-13-14-6-2-1-3-7-14/h1-9,17-20H,10-13H2. The molecule has 0 saturated heterocycles. The Kier molecular flexibility index (Phi) is 4.14. The van der Waals surface area contributed by atoms with Gasteiger partial charge in [0.05, 0.1) is 6.10 Å². The molecular formula is C18H21NO. The van der Waals surface area contributed by atoms with Crippen molar-refractivity contribution in [3.63, 3.8) is 0 Å². The third kappa shape index (κ3) is 3.27. The largest absolute Gasteiger partial charge is 0.393 e. The number of aliphatic hydroxyl groups is 1. The molecule has 0 saturated carbocycles. The van der Waals surface area contributed by atoms with Gasteiger partial charge in [-0.15, -0.1) is 0 Å². The van der Waals surface area contributed by atoms with Crippen LogP contribution in [0, 0.1) is 0 Å². The summed E-state index contributed by atoms with van der Waals surface area (Å²) in [4.78, 5) is 0. The Hall–Kier alpha value is -1.64. The van der Waals surface area contributed by atoms with Gasteiger partial charge in [-0.25, -0.2) is 0 Å². The first-order valence-electron chi connectivity index (χ1n) is 7.33. The average Bonchev–Trinajstić information content (AvgIpc) is 2.63. The van der Waals surface area contributed by atoms with Crippen LogP contribution in [-0.4, -0.2) is 17.3 Å². The summed E-state index contributed by atoms with van der Waals surface area (Å²) in [7, 11) is 0. The highest BCUT2D eigenvalue weighted by molar-refractivity contribution is 5.30. The number of hydrogen-bond donors (Lipinski definition) is 2. The van der Waals surface area contributed by atoms with Crippen molar-refractivity contribution >= 4 is 0 Å². The molecule has 2 N–H and O–H groups in total. The maximum Gasteiger partial charge on any atom is 0.0595 e. The van der Waals surface area contributed by atoms with Crippen molar-refractivity contribution in [3.05, 3.63) is 71.3 Å². The van der Waals surface area contributed by atoms with Gasteiger partial charge in [0.2, 0.25) is 0 Å². The number of fused-ring (bicyclic) bond motifs is 1. The summed E-state index contributed by atoms with van der Waals surface area (Å²) in [5.41, 5.74) is 3.96. The van der Waals surface area contributed by atoms with Gasteiger partial charge in [0.25, 0.3) is 0 Å². The van der Waals surface area contributed by atoms with E-state index < -0.39 is 0 Å². The van der Waals surface area contributed by atoms with Crippen molar-refractivity contribution in [2.45, 2.75) is 38.0 Å². The SMILES string of the molecule is OC1Cc2ccccc2CC(NCc2ccccc2)C1. The summed E-state index contributed by atoms with van der Waals surface area (Å²) in [6.07, 6.45) is 2.35. The highest BCUT2D eigenvalue weighted by atomic mass is 16.3. The lowest BCUT2D eigenvalue weighted by molar-refractivity contribution is 0.153. The zero-order valence-electron chi connectivity index (χ0n) is 11.6. The Morgan fingerprint density at radius 2 is 1.55 bits per heavy atom. The summed E-state index contributed by atoms with van der Waals surface area (Å²) in [6, 6.07) is 19.2. The zero-order chi connectivity index (χ0) is 13.8. The first kappa shape index (κ1) is 13.3. The first-order chi connectivity index (χ1) is 9.81. The van der Waals surface area contributed by atoms with E-state index in [-0.39, 0.29) is 6.10 Å².